The molecule has 1 N–H and O–H groups in total. The molecule has 1 heterocycles. The molecular formula is C16H27Cl2FN2O. The Morgan fingerprint density at radius 1 is 1.18 bits per heavy atom. The van der Waals surface area contributed by atoms with E-state index in [4.69, 9.17) is 4.74 Å². The fourth-order valence-electron chi connectivity index (χ4n) is 3.06. The molecule has 1 aliphatic rings. The molecule has 1 aromatic carbocycles. The molecule has 22 heavy (non-hydrogen) atoms. The zero-order valence-electron chi connectivity index (χ0n) is 13.7. The van der Waals surface area contributed by atoms with Crippen LogP contribution in [0.4, 0.5) is 4.39 Å². The fraction of sp³-hybridized carbons (Fsp3) is 0.625. The van der Waals surface area contributed by atoms with Gasteiger partial charge in [-0.2, -0.15) is 0 Å². The SMILES string of the molecule is COc1cc(F)ccc1[C@@H](N1CCNCC1)C(C)(C)C.Cl.Cl. The van der Waals surface area contributed by atoms with E-state index in [2.05, 4.69) is 31.0 Å². The topological polar surface area (TPSA) is 24.5 Å². The predicted octanol–water partition coefficient (Wildman–Crippen LogP) is 3.67. The Morgan fingerprint density at radius 3 is 2.27 bits per heavy atom. The second-order valence-electron chi connectivity index (χ2n) is 6.44. The third kappa shape index (κ3) is 4.98. The van der Waals surface area contributed by atoms with Crippen molar-refractivity contribution in [2.24, 2.45) is 5.41 Å². The molecule has 128 valence electrons. The summed E-state index contributed by atoms with van der Waals surface area (Å²) in [6, 6.07) is 5.10. The first kappa shape index (κ1) is 21.4. The van der Waals surface area contributed by atoms with Gasteiger partial charge < -0.3 is 10.1 Å². The number of piperazine rings is 1. The second kappa shape index (κ2) is 8.92. The van der Waals surface area contributed by atoms with Crippen LogP contribution in [0.5, 0.6) is 5.75 Å². The molecule has 6 heteroatoms. The van der Waals surface area contributed by atoms with Crippen molar-refractivity contribution in [3.8, 4) is 5.75 Å². The van der Waals surface area contributed by atoms with Gasteiger partial charge in [0.05, 0.1) is 7.11 Å². The van der Waals surface area contributed by atoms with Crippen LogP contribution in [0, 0.1) is 11.2 Å². The van der Waals surface area contributed by atoms with Crippen molar-refractivity contribution in [3.63, 3.8) is 0 Å². The predicted molar refractivity (Wildman–Crippen MR) is 94.1 cm³/mol. The molecule has 0 aromatic heterocycles. The molecule has 1 saturated heterocycles. The highest BCUT2D eigenvalue weighted by atomic mass is 35.5. The van der Waals surface area contributed by atoms with E-state index in [1.165, 1.54) is 12.1 Å². The van der Waals surface area contributed by atoms with Gasteiger partial charge in [0.15, 0.2) is 0 Å². The van der Waals surface area contributed by atoms with Crippen molar-refractivity contribution in [2.45, 2.75) is 26.8 Å². The summed E-state index contributed by atoms with van der Waals surface area (Å²) in [4.78, 5) is 2.46. The Kier molecular flexibility index (Phi) is 8.70. The number of ether oxygens (including phenoxy) is 1. The highest BCUT2D eigenvalue weighted by Crippen LogP contribution is 2.42. The lowest BCUT2D eigenvalue weighted by Crippen LogP contribution is -2.48. The van der Waals surface area contributed by atoms with Gasteiger partial charge in [0.1, 0.15) is 11.6 Å². The quantitative estimate of drug-likeness (QED) is 0.897. The van der Waals surface area contributed by atoms with Gasteiger partial charge >= 0.3 is 0 Å². The molecule has 1 atom stereocenters. The highest BCUT2D eigenvalue weighted by molar-refractivity contribution is 5.85. The molecule has 1 aromatic rings. The third-order valence-electron chi connectivity index (χ3n) is 3.83. The number of nitrogens with zero attached hydrogens (tertiary/aromatic N) is 1. The van der Waals surface area contributed by atoms with Crippen LogP contribution in [0.15, 0.2) is 18.2 Å². The largest absolute Gasteiger partial charge is 0.496 e. The molecule has 0 saturated carbocycles. The lowest BCUT2D eigenvalue weighted by molar-refractivity contribution is 0.0841. The Balaban J connectivity index is 0.00000220. The normalized spacial score (nSPS) is 17.1. The molecule has 3 nitrogen and oxygen atoms in total. The average Bonchev–Trinajstić information content (AvgIpc) is 2.40. The van der Waals surface area contributed by atoms with E-state index in [1.54, 1.807) is 7.11 Å². The number of methoxy groups -OCH3 is 1. The van der Waals surface area contributed by atoms with E-state index in [0.29, 0.717) is 5.75 Å². The zero-order chi connectivity index (χ0) is 14.8. The lowest BCUT2D eigenvalue weighted by Gasteiger charge is -2.43. The minimum Gasteiger partial charge on any atom is -0.496 e. The molecule has 1 fully saturated rings. The van der Waals surface area contributed by atoms with Gasteiger partial charge in [0.2, 0.25) is 0 Å². The van der Waals surface area contributed by atoms with Gasteiger partial charge in [-0.05, 0) is 11.5 Å². The number of hydrogen-bond acceptors (Lipinski definition) is 3. The van der Waals surface area contributed by atoms with Crippen LogP contribution in [0.3, 0.4) is 0 Å². The maximum Gasteiger partial charge on any atom is 0.126 e. The number of nitrogens with one attached hydrogen (secondary N) is 1. The molecule has 0 aliphatic carbocycles. The molecule has 0 radical (unpaired) electrons. The Hall–Kier alpha value is -0.550. The van der Waals surface area contributed by atoms with Crippen LogP contribution < -0.4 is 10.1 Å². The number of halogens is 3. The monoisotopic (exact) mass is 352 g/mol. The highest BCUT2D eigenvalue weighted by Gasteiger charge is 2.34. The van der Waals surface area contributed by atoms with Gasteiger partial charge in [-0.1, -0.05) is 26.8 Å². The molecule has 0 bridgehead atoms. The molecule has 0 amide bonds. The Bertz CT molecular complexity index is 460. The summed E-state index contributed by atoms with van der Waals surface area (Å²) in [5.74, 6) is 0.391. The lowest BCUT2D eigenvalue weighted by atomic mass is 9.80. The maximum absolute atomic E-state index is 13.4. The standard InChI is InChI=1S/C16H25FN2O.2ClH/c1-16(2,3)15(19-9-7-18-8-10-19)13-6-5-12(17)11-14(13)20-4;;/h5-6,11,15,18H,7-10H2,1-4H3;2*1H/t15-;;/m1../s1. The maximum atomic E-state index is 13.4. The minimum absolute atomic E-state index is 0. The van der Waals surface area contributed by atoms with E-state index in [-0.39, 0.29) is 42.1 Å². The molecule has 0 unspecified atom stereocenters. The van der Waals surface area contributed by atoms with Gasteiger partial charge in [-0.3, -0.25) is 4.90 Å². The number of benzene rings is 1. The first-order valence-electron chi connectivity index (χ1n) is 7.21. The van der Waals surface area contributed by atoms with E-state index >= 15 is 0 Å². The van der Waals surface area contributed by atoms with E-state index < -0.39 is 0 Å². The van der Waals surface area contributed by atoms with Gasteiger partial charge in [0, 0.05) is 43.9 Å². The Labute approximate surface area is 145 Å². The van der Waals surface area contributed by atoms with E-state index in [9.17, 15) is 4.39 Å². The van der Waals surface area contributed by atoms with Crippen molar-refractivity contribution >= 4 is 24.8 Å². The number of rotatable bonds is 3. The van der Waals surface area contributed by atoms with Crippen molar-refractivity contribution in [3.05, 3.63) is 29.6 Å². The van der Waals surface area contributed by atoms with Crippen molar-refractivity contribution < 1.29 is 9.13 Å². The molecule has 1 aliphatic heterocycles. The number of hydrogen-bond donors (Lipinski definition) is 1. The van der Waals surface area contributed by atoms with Crippen molar-refractivity contribution in [1.29, 1.82) is 0 Å². The summed E-state index contributed by atoms with van der Waals surface area (Å²) < 4.78 is 18.8. The van der Waals surface area contributed by atoms with Crippen LogP contribution in [-0.2, 0) is 0 Å². The Morgan fingerprint density at radius 2 is 1.77 bits per heavy atom. The van der Waals surface area contributed by atoms with Gasteiger partial charge in [0.25, 0.3) is 0 Å². The van der Waals surface area contributed by atoms with Gasteiger partial charge in [-0.15, -0.1) is 24.8 Å². The van der Waals surface area contributed by atoms with E-state index in [0.717, 1.165) is 31.7 Å². The summed E-state index contributed by atoms with van der Waals surface area (Å²) in [7, 11) is 1.61. The molecular weight excluding hydrogens is 326 g/mol. The third-order valence-corrected chi connectivity index (χ3v) is 3.83. The van der Waals surface area contributed by atoms with Crippen LogP contribution in [0.1, 0.15) is 32.4 Å². The smallest absolute Gasteiger partial charge is 0.126 e. The zero-order valence-corrected chi connectivity index (χ0v) is 15.3. The summed E-state index contributed by atoms with van der Waals surface area (Å²) in [6.07, 6.45) is 0. The van der Waals surface area contributed by atoms with Crippen LogP contribution in [0.2, 0.25) is 0 Å². The first-order chi connectivity index (χ1) is 9.43. The van der Waals surface area contributed by atoms with Crippen molar-refractivity contribution in [2.75, 3.05) is 33.3 Å². The van der Waals surface area contributed by atoms with Crippen LogP contribution >= 0.6 is 24.8 Å². The minimum atomic E-state index is -0.251. The summed E-state index contributed by atoms with van der Waals surface area (Å²) >= 11 is 0. The second-order valence-corrected chi connectivity index (χ2v) is 6.44. The first-order valence-corrected chi connectivity index (χ1v) is 7.21. The van der Waals surface area contributed by atoms with Crippen LogP contribution in [-0.4, -0.2) is 38.2 Å². The van der Waals surface area contributed by atoms with E-state index in [1.807, 2.05) is 6.07 Å². The fourth-order valence-corrected chi connectivity index (χ4v) is 3.06. The average molecular weight is 353 g/mol. The summed E-state index contributed by atoms with van der Waals surface area (Å²) in [5, 5.41) is 3.38. The van der Waals surface area contributed by atoms with Crippen LogP contribution in [0.25, 0.3) is 0 Å². The van der Waals surface area contributed by atoms with Gasteiger partial charge in [-0.25, -0.2) is 4.39 Å². The van der Waals surface area contributed by atoms with Crippen molar-refractivity contribution in [1.82, 2.24) is 10.2 Å². The summed E-state index contributed by atoms with van der Waals surface area (Å²) in [5.41, 5.74) is 1.13. The molecule has 2 rings (SSSR count). The molecule has 0 spiro atoms. The summed E-state index contributed by atoms with van der Waals surface area (Å²) in [6.45, 7) is 10.7.